The molecule has 0 radical (unpaired) electrons. The van der Waals surface area contributed by atoms with Gasteiger partial charge in [-0.3, -0.25) is 0 Å². The van der Waals surface area contributed by atoms with Crippen molar-refractivity contribution in [2.75, 3.05) is 0 Å². The van der Waals surface area contributed by atoms with E-state index in [9.17, 15) is 0 Å². The average Bonchev–Trinajstić information content (AvgIpc) is 2.68. The molecule has 3 rings (SSSR count). The lowest BCUT2D eigenvalue weighted by molar-refractivity contribution is 0.292. The van der Waals surface area contributed by atoms with Crippen molar-refractivity contribution in [2.24, 2.45) is 35.5 Å². The van der Waals surface area contributed by atoms with Crippen LogP contribution in [-0.2, 0) is 0 Å². The fraction of sp³-hybridized carbons (Fsp3) is 0.846. The molecule has 0 aromatic rings. The zero-order valence-electron chi connectivity index (χ0n) is 17.7. The monoisotopic (exact) mass is 356 g/mol. The summed E-state index contributed by atoms with van der Waals surface area (Å²) >= 11 is 0. The molecular formula is C26H44. The Bertz CT molecular complexity index is 421. The summed E-state index contributed by atoms with van der Waals surface area (Å²) in [5.74, 6) is 5.57. The molecule has 26 heavy (non-hydrogen) atoms. The van der Waals surface area contributed by atoms with Crippen molar-refractivity contribution in [1.29, 1.82) is 0 Å². The van der Waals surface area contributed by atoms with Crippen molar-refractivity contribution in [3.8, 4) is 0 Å². The fourth-order valence-corrected chi connectivity index (χ4v) is 5.71. The zero-order valence-corrected chi connectivity index (χ0v) is 17.7. The largest absolute Gasteiger partial charge is 0.0851 e. The third-order valence-corrected chi connectivity index (χ3v) is 7.78. The number of hydrogen-bond donors (Lipinski definition) is 0. The molecule has 148 valence electrons. The van der Waals surface area contributed by atoms with Gasteiger partial charge in [0.15, 0.2) is 0 Å². The molecule has 0 saturated heterocycles. The molecule has 0 bridgehead atoms. The molecule has 3 aliphatic carbocycles. The number of hydrogen-bond acceptors (Lipinski definition) is 0. The van der Waals surface area contributed by atoms with Crippen molar-refractivity contribution >= 4 is 0 Å². The first-order valence-electron chi connectivity index (χ1n) is 12.1. The minimum Gasteiger partial charge on any atom is -0.0851 e. The van der Waals surface area contributed by atoms with Crippen LogP contribution >= 0.6 is 0 Å². The van der Waals surface area contributed by atoms with E-state index in [1.165, 1.54) is 89.9 Å². The summed E-state index contributed by atoms with van der Waals surface area (Å²) in [6.45, 7) is 4.76. The van der Waals surface area contributed by atoms with Crippen LogP contribution in [-0.4, -0.2) is 0 Å². The highest BCUT2D eigenvalue weighted by Gasteiger charge is 2.21. The maximum absolute atomic E-state index is 2.62. The van der Waals surface area contributed by atoms with Gasteiger partial charge in [0.05, 0.1) is 0 Å². The molecule has 0 N–H and O–H groups in total. The van der Waals surface area contributed by atoms with Crippen LogP contribution in [0, 0.1) is 35.5 Å². The van der Waals surface area contributed by atoms with Crippen LogP contribution in [0.25, 0.3) is 0 Å². The van der Waals surface area contributed by atoms with Crippen molar-refractivity contribution in [3.05, 3.63) is 24.3 Å². The van der Waals surface area contributed by atoms with E-state index in [2.05, 4.69) is 38.2 Å². The molecule has 0 aliphatic heterocycles. The van der Waals surface area contributed by atoms with Gasteiger partial charge in [-0.1, -0.05) is 63.8 Å². The first-order valence-corrected chi connectivity index (χ1v) is 12.1. The summed E-state index contributed by atoms with van der Waals surface area (Å²) < 4.78 is 0. The second-order valence-corrected chi connectivity index (χ2v) is 10.0. The third-order valence-electron chi connectivity index (χ3n) is 7.78. The fourth-order valence-electron chi connectivity index (χ4n) is 5.71. The van der Waals surface area contributed by atoms with E-state index in [-0.39, 0.29) is 0 Å². The van der Waals surface area contributed by atoms with Crippen molar-refractivity contribution in [1.82, 2.24) is 0 Å². The first kappa shape index (κ1) is 20.2. The molecule has 0 spiro atoms. The lowest BCUT2D eigenvalue weighted by Gasteiger charge is -2.28. The van der Waals surface area contributed by atoms with Gasteiger partial charge in [-0.2, -0.15) is 0 Å². The van der Waals surface area contributed by atoms with E-state index in [0.29, 0.717) is 0 Å². The van der Waals surface area contributed by atoms with Crippen molar-refractivity contribution < 1.29 is 0 Å². The Labute approximate surface area is 163 Å². The van der Waals surface area contributed by atoms with E-state index in [0.717, 1.165) is 35.5 Å². The molecular weight excluding hydrogens is 312 g/mol. The van der Waals surface area contributed by atoms with Gasteiger partial charge in [0.2, 0.25) is 0 Å². The highest BCUT2D eigenvalue weighted by atomic mass is 14.3. The molecule has 0 atom stereocenters. The van der Waals surface area contributed by atoms with Gasteiger partial charge >= 0.3 is 0 Å². The summed E-state index contributed by atoms with van der Waals surface area (Å²) in [4.78, 5) is 0. The normalized spacial score (nSPS) is 39.6. The second kappa shape index (κ2) is 10.7. The van der Waals surface area contributed by atoms with Gasteiger partial charge in [-0.05, 0) is 99.7 Å². The average molecular weight is 357 g/mol. The Hall–Kier alpha value is -0.520. The lowest BCUT2D eigenvalue weighted by atomic mass is 9.77. The van der Waals surface area contributed by atoms with Gasteiger partial charge in [0.25, 0.3) is 0 Å². The van der Waals surface area contributed by atoms with E-state index in [1.54, 1.807) is 0 Å². The molecule has 3 saturated carbocycles. The van der Waals surface area contributed by atoms with Crippen LogP contribution in [0.4, 0.5) is 0 Å². The summed E-state index contributed by atoms with van der Waals surface area (Å²) in [6.07, 6.45) is 30.7. The molecule has 0 nitrogen and oxygen atoms in total. The van der Waals surface area contributed by atoms with Gasteiger partial charge in [-0.25, -0.2) is 0 Å². The topological polar surface area (TPSA) is 0 Å². The first-order chi connectivity index (χ1) is 12.7. The molecule has 0 amide bonds. The number of rotatable bonds is 6. The van der Waals surface area contributed by atoms with Crippen LogP contribution in [0.3, 0.4) is 0 Å². The standard InChI is InChI=1S/C26H44/c1-3-4-22-9-11-24(12-10-22)15-16-26-19-17-25(18-20-26)14-13-23-7-5-21(2)6-8-23/h13-16,21-26H,3-12,17-20H2,1-2H3/b14-13+,16-15+. The maximum Gasteiger partial charge on any atom is -0.0233 e. The minimum atomic E-state index is 0.878. The molecule has 0 heteroatoms. The van der Waals surface area contributed by atoms with Crippen molar-refractivity contribution in [2.45, 2.75) is 104 Å². The van der Waals surface area contributed by atoms with E-state index >= 15 is 0 Å². The zero-order chi connectivity index (χ0) is 18.2. The van der Waals surface area contributed by atoms with Crippen LogP contribution in [0.15, 0.2) is 24.3 Å². The molecule has 3 aliphatic rings. The molecule has 3 fully saturated rings. The Morgan fingerprint density at radius 3 is 1.27 bits per heavy atom. The van der Waals surface area contributed by atoms with Gasteiger partial charge < -0.3 is 0 Å². The Morgan fingerprint density at radius 1 is 0.538 bits per heavy atom. The summed E-state index contributed by atoms with van der Waals surface area (Å²) in [7, 11) is 0. The Balaban J connectivity index is 1.32. The highest BCUT2D eigenvalue weighted by Crippen LogP contribution is 2.35. The molecule has 0 aromatic carbocycles. The predicted molar refractivity (Wildman–Crippen MR) is 115 cm³/mol. The van der Waals surface area contributed by atoms with Crippen LogP contribution in [0.5, 0.6) is 0 Å². The van der Waals surface area contributed by atoms with E-state index < -0.39 is 0 Å². The second-order valence-electron chi connectivity index (χ2n) is 10.0. The summed E-state index contributed by atoms with van der Waals surface area (Å²) in [5, 5.41) is 0. The lowest BCUT2D eigenvalue weighted by Crippen LogP contribution is -2.15. The van der Waals surface area contributed by atoms with Gasteiger partial charge in [0.1, 0.15) is 0 Å². The van der Waals surface area contributed by atoms with E-state index in [4.69, 9.17) is 0 Å². The van der Waals surface area contributed by atoms with Gasteiger partial charge in [-0.15, -0.1) is 0 Å². The van der Waals surface area contributed by atoms with Gasteiger partial charge in [0, 0.05) is 0 Å². The third kappa shape index (κ3) is 6.58. The molecule has 0 aromatic heterocycles. The van der Waals surface area contributed by atoms with Crippen LogP contribution in [0.1, 0.15) is 104 Å². The number of allylic oxidation sites excluding steroid dienone is 4. The Morgan fingerprint density at radius 2 is 0.885 bits per heavy atom. The van der Waals surface area contributed by atoms with Crippen LogP contribution < -0.4 is 0 Å². The molecule has 0 heterocycles. The SMILES string of the molecule is CCCC1CCC(/C=C/C2CCC(/C=C/C3CCC(C)CC3)CC2)CC1. The quantitative estimate of drug-likeness (QED) is 0.419. The smallest absolute Gasteiger partial charge is 0.0233 e. The summed E-state index contributed by atoms with van der Waals surface area (Å²) in [5.41, 5.74) is 0. The van der Waals surface area contributed by atoms with Crippen molar-refractivity contribution in [3.63, 3.8) is 0 Å². The maximum atomic E-state index is 2.62. The summed E-state index contributed by atoms with van der Waals surface area (Å²) in [6, 6.07) is 0. The van der Waals surface area contributed by atoms with E-state index in [1.807, 2.05) is 0 Å². The Kier molecular flexibility index (Phi) is 8.34. The van der Waals surface area contributed by atoms with Crippen LogP contribution in [0.2, 0.25) is 0 Å². The highest BCUT2D eigenvalue weighted by molar-refractivity contribution is 5.00. The minimum absolute atomic E-state index is 0.878. The predicted octanol–water partition coefficient (Wildman–Crippen LogP) is 8.34. The molecule has 0 unspecified atom stereocenters.